The Labute approximate surface area is 144 Å². The molecule has 3 N–H and O–H groups in total. The fourth-order valence-electron chi connectivity index (χ4n) is 2.09. The molecular formula is C16H16ClNO5S. The minimum atomic E-state index is -3.87. The number of benzene rings is 2. The van der Waals surface area contributed by atoms with Crippen LogP contribution in [0.15, 0.2) is 47.4 Å². The first-order valence-corrected chi connectivity index (χ1v) is 8.97. The maximum absolute atomic E-state index is 11.4. The molecule has 0 radical (unpaired) electrons. The molecule has 6 nitrogen and oxygen atoms in total. The first-order valence-electron chi connectivity index (χ1n) is 7.05. The first kappa shape index (κ1) is 18.3. The van der Waals surface area contributed by atoms with E-state index in [4.69, 9.17) is 26.6 Å². The molecule has 2 aromatic rings. The summed E-state index contributed by atoms with van der Waals surface area (Å²) in [6, 6.07) is 11.6. The van der Waals surface area contributed by atoms with E-state index in [-0.39, 0.29) is 16.3 Å². The summed E-state index contributed by atoms with van der Waals surface area (Å²) in [5.74, 6) is -0.276. The number of hydrogen-bond donors (Lipinski definition) is 2. The lowest BCUT2D eigenvalue weighted by Gasteiger charge is -2.09. The van der Waals surface area contributed by atoms with E-state index in [0.29, 0.717) is 24.3 Å². The Bertz CT molecular complexity index is 851. The molecule has 0 aliphatic heterocycles. The molecule has 8 heteroatoms. The summed E-state index contributed by atoms with van der Waals surface area (Å²) in [4.78, 5) is 10.3. The van der Waals surface area contributed by atoms with E-state index in [1.807, 2.05) is 6.07 Å². The van der Waals surface area contributed by atoms with Crippen LogP contribution in [0, 0.1) is 0 Å². The van der Waals surface area contributed by atoms with E-state index in [0.717, 1.165) is 5.56 Å². The number of carbonyl (C=O) groups is 1. The maximum Gasteiger partial charge on any atom is 0.303 e. The van der Waals surface area contributed by atoms with Gasteiger partial charge in [-0.25, -0.2) is 13.6 Å². The summed E-state index contributed by atoms with van der Waals surface area (Å²) in [5, 5.41) is 13.7. The molecule has 0 aliphatic rings. The van der Waals surface area contributed by atoms with Crippen molar-refractivity contribution in [1.29, 1.82) is 0 Å². The number of nitrogens with two attached hydrogens (primary N) is 1. The summed E-state index contributed by atoms with van der Waals surface area (Å²) < 4.78 is 28.3. The fourth-order valence-corrected chi connectivity index (χ4v) is 3.18. The lowest BCUT2D eigenvalue weighted by molar-refractivity contribution is -0.137. The highest BCUT2D eigenvalue weighted by Gasteiger charge is 2.13. The van der Waals surface area contributed by atoms with Crippen LogP contribution in [0.25, 0.3) is 11.1 Å². The SMILES string of the molecule is NS(=O)(=O)c1ccc(-c2cccc(OCCCC(=O)O)c2)cc1Cl. The van der Waals surface area contributed by atoms with Crippen LogP contribution in [0.2, 0.25) is 5.02 Å². The van der Waals surface area contributed by atoms with Gasteiger partial charge in [0, 0.05) is 6.42 Å². The molecule has 0 atom stereocenters. The van der Waals surface area contributed by atoms with E-state index < -0.39 is 16.0 Å². The lowest BCUT2D eigenvalue weighted by Crippen LogP contribution is -2.12. The third-order valence-electron chi connectivity index (χ3n) is 3.21. The highest BCUT2D eigenvalue weighted by Crippen LogP contribution is 2.29. The zero-order valence-corrected chi connectivity index (χ0v) is 14.2. The number of rotatable bonds is 7. The van der Waals surface area contributed by atoms with Crippen molar-refractivity contribution in [2.75, 3.05) is 6.61 Å². The normalized spacial score (nSPS) is 11.2. The number of primary sulfonamides is 1. The van der Waals surface area contributed by atoms with Crippen LogP contribution in [-0.4, -0.2) is 26.1 Å². The van der Waals surface area contributed by atoms with Crippen LogP contribution in [0.3, 0.4) is 0 Å². The van der Waals surface area contributed by atoms with Gasteiger partial charge in [0.1, 0.15) is 10.6 Å². The molecule has 0 amide bonds. The van der Waals surface area contributed by atoms with Gasteiger partial charge in [0.25, 0.3) is 0 Å². The highest BCUT2D eigenvalue weighted by molar-refractivity contribution is 7.89. The standard InChI is InChI=1S/C16H16ClNO5S/c17-14-10-12(6-7-15(14)24(18,21)22)11-3-1-4-13(9-11)23-8-2-5-16(19)20/h1,3-4,6-7,9-10H,2,5,8H2,(H,19,20)(H2,18,21,22). The topological polar surface area (TPSA) is 107 Å². The second-order valence-electron chi connectivity index (χ2n) is 5.06. The van der Waals surface area contributed by atoms with Crippen molar-refractivity contribution in [3.63, 3.8) is 0 Å². The molecule has 0 unspecified atom stereocenters. The molecule has 0 fully saturated rings. The Hall–Kier alpha value is -2.09. The van der Waals surface area contributed by atoms with E-state index in [2.05, 4.69) is 0 Å². The van der Waals surface area contributed by atoms with Gasteiger partial charge in [0.05, 0.1) is 11.6 Å². The van der Waals surface area contributed by atoms with Crippen molar-refractivity contribution in [3.05, 3.63) is 47.5 Å². The average Bonchev–Trinajstić information content (AvgIpc) is 2.50. The summed E-state index contributed by atoms with van der Waals surface area (Å²) in [6.45, 7) is 0.293. The molecule has 0 aliphatic carbocycles. The molecule has 128 valence electrons. The smallest absolute Gasteiger partial charge is 0.303 e. The molecular weight excluding hydrogens is 354 g/mol. The van der Waals surface area contributed by atoms with Crippen LogP contribution in [0.1, 0.15) is 12.8 Å². The number of sulfonamides is 1. The number of carboxylic acids is 1. The van der Waals surface area contributed by atoms with E-state index in [1.165, 1.54) is 12.1 Å². The lowest BCUT2D eigenvalue weighted by atomic mass is 10.1. The van der Waals surface area contributed by atoms with Gasteiger partial charge in [-0.05, 0) is 41.8 Å². The van der Waals surface area contributed by atoms with Gasteiger partial charge >= 0.3 is 5.97 Å². The Kier molecular flexibility index (Phi) is 5.82. The van der Waals surface area contributed by atoms with Crippen molar-refractivity contribution in [1.82, 2.24) is 0 Å². The molecule has 0 aromatic heterocycles. The second-order valence-corrected chi connectivity index (χ2v) is 7.00. The average molecular weight is 370 g/mol. The molecule has 2 aromatic carbocycles. The zero-order valence-electron chi connectivity index (χ0n) is 12.6. The molecule has 0 heterocycles. The molecule has 0 spiro atoms. The monoisotopic (exact) mass is 369 g/mol. The van der Waals surface area contributed by atoms with Crippen LogP contribution < -0.4 is 9.88 Å². The number of aliphatic carboxylic acids is 1. The van der Waals surface area contributed by atoms with Gasteiger partial charge in [-0.2, -0.15) is 0 Å². The molecule has 0 saturated carbocycles. The number of carboxylic acid groups (broad SMARTS) is 1. The third-order valence-corrected chi connectivity index (χ3v) is 4.60. The van der Waals surface area contributed by atoms with Gasteiger partial charge in [-0.3, -0.25) is 4.79 Å². The van der Waals surface area contributed by atoms with Gasteiger partial charge in [-0.15, -0.1) is 0 Å². The maximum atomic E-state index is 11.4. The molecule has 0 saturated heterocycles. The van der Waals surface area contributed by atoms with Crippen LogP contribution in [0.5, 0.6) is 5.75 Å². The first-order chi connectivity index (χ1) is 11.3. The van der Waals surface area contributed by atoms with Crippen molar-refractivity contribution in [3.8, 4) is 16.9 Å². The number of halogens is 1. The van der Waals surface area contributed by atoms with E-state index >= 15 is 0 Å². The van der Waals surface area contributed by atoms with Crippen molar-refractivity contribution < 1.29 is 23.1 Å². The van der Waals surface area contributed by atoms with Crippen molar-refractivity contribution in [2.45, 2.75) is 17.7 Å². The van der Waals surface area contributed by atoms with Crippen molar-refractivity contribution >= 4 is 27.6 Å². The molecule has 0 bridgehead atoms. The van der Waals surface area contributed by atoms with Gasteiger partial charge in [0.2, 0.25) is 10.0 Å². The summed E-state index contributed by atoms with van der Waals surface area (Å²) in [5.41, 5.74) is 1.50. The quantitative estimate of drug-likeness (QED) is 0.730. The Morgan fingerprint density at radius 2 is 1.88 bits per heavy atom. The summed E-state index contributed by atoms with van der Waals surface area (Å²) in [7, 11) is -3.87. The minimum absolute atomic E-state index is 0.0442. The highest BCUT2D eigenvalue weighted by atomic mass is 35.5. The van der Waals surface area contributed by atoms with Crippen LogP contribution in [-0.2, 0) is 14.8 Å². The van der Waals surface area contributed by atoms with E-state index in [1.54, 1.807) is 24.3 Å². The minimum Gasteiger partial charge on any atom is -0.494 e. The van der Waals surface area contributed by atoms with E-state index in [9.17, 15) is 13.2 Å². The largest absolute Gasteiger partial charge is 0.494 e. The van der Waals surface area contributed by atoms with Gasteiger partial charge < -0.3 is 9.84 Å². The third kappa shape index (κ3) is 4.95. The predicted octanol–water partition coefficient (Wildman–Crippen LogP) is 2.90. The van der Waals surface area contributed by atoms with Gasteiger partial charge in [-0.1, -0.05) is 29.8 Å². The van der Waals surface area contributed by atoms with Gasteiger partial charge in [0.15, 0.2) is 0 Å². The summed E-state index contributed by atoms with van der Waals surface area (Å²) in [6.07, 6.45) is 0.457. The Balaban J connectivity index is 2.16. The summed E-state index contributed by atoms with van der Waals surface area (Å²) >= 11 is 5.99. The Morgan fingerprint density at radius 3 is 2.50 bits per heavy atom. The fraction of sp³-hybridized carbons (Fsp3) is 0.188. The molecule has 24 heavy (non-hydrogen) atoms. The number of hydrogen-bond acceptors (Lipinski definition) is 4. The second kappa shape index (κ2) is 7.65. The van der Waals surface area contributed by atoms with Crippen molar-refractivity contribution in [2.24, 2.45) is 5.14 Å². The van der Waals surface area contributed by atoms with Crippen LogP contribution >= 0.6 is 11.6 Å². The number of ether oxygens (including phenoxy) is 1. The zero-order chi connectivity index (χ0) is 17.7. The predicted molar refractivity (Wildman–Crippen MR) is 90.6 cm³/mol. The molecule has 2 rings (SSSR count). The van der Waals surface area contributed by atoms with Crippen LogP contribution in [0.4, 0.5) is 0 Å². The Morgan fingerprint density at radius 1 is 1.17 bits per heavy atom.